The lowest BCUT2D eigenvalue weighted by Crippen LogP contribution is -2.50. The van der Waals surface area contributed by atoms with Gasteiger partial charge in [-0.3, -0.25) is 14.4 Å². The second kappa shape index (κ2) is 7.58. The molecule has 0 aliphatic heterocycles. The summed E-state index contributed by atoms with van der Waals surface area (Å²) in [7, 11) is 0. The van der Waals surface area contributed by atoms with E-state index in [0.29, 0.717) is 23.8 Å². The third-order valence-corrected chi connectivity index (χ3v) is 8.05. The van der Waals surface area contributed by atoms with E-state index in [1.54, 1.807) is 0 Å². The molecule has 3 rings (SSSR count). The van der Waals surface area contributed by atoms with E-state index in [9.17, 15) is 14.4 Å². The molecule has 0 heterocycles. The van der Waals surface area contributed by atoms with Crippen LogP contribution in [0, 0.1) is 22.7 Å². The van der Waals surface area contributed by atoms with Crippen LogP contribution in [0.15, 0.2) is 35.1 Å². The highest BCUT2D eigenvalue weighted by Gasteiger charge is 2.53. The molecule has 2 N–H and O–H groups in total. The zero-order valence-electron chi connectivity index (χ0n) is 18.2. The number of hydrogen-bond donors (Lipinski definition) is 2. The van der Waals surface area contributed by atoms with Gasteiger partial charge in [0.2, 0.25) is 5.78 Å². The number of hydrogen-bond acceptors (Lipinski definition) is 4. The summed E-state index contributed by atoms with van der Waals surface area (Å²) < 4.78 is 0. The van der Waals surface area contributed by atoms with Crippen molar-refractivity contribution in [2.24, 2.45) is 22.7 Å². The van der Waals surface area contributed by atoms with Crippen molar-refractivity contribution in [3.05, 3.63) is 35.1 Å². The summed E-state index contributed by atoms with van der Waals surface area (Å²) in [6.07, 6.45) is 9.99. The molecule has 3 aliphatic carbocycles. The minimum atomic E-state index is -1.06. The van der Waals surface area contributed by atoms with Gasteiger partial charge >= 0.3 is 5.97 Å². The standard InChI is InChI=1S/C24H33NO4/c1-14-7-6-8-20-23(14,4)10-9-15(2)24(20,5)13-17-11-18(26)12-19(21(17)27)25-16(3)22(28)29/h7,11-12,15-16,20,25H,6,8-10,13H2,1-5H3,(H,28,29)/t15-,16-,20+,23+,24+/m0/s1. The monoisotopic (exact) mass is 399 g/mol. The van der Waals surface area contributed by atoms with Crippen LogP contribution in [0.4, 0.5) is 0 Å². The molecule has 0 unspecified atom stereocenters. The molecule has 0 amide bonds. The average Bonchev–Trinajstić information content (AvgIpc) is 2.64. The first-order valence-electron chi connectivity index (χ1n) is 10.7. The Kier molecular flexibility index (Phi) is 5.63. The van der Waals surface area contributed by atoms with Crippen LogP contribution in [0.3, 0.4) is 0 Å². The molecule has 29 heavy (non-hydrogen) atoms. The Morgan fingerprint density at radius 2 is 1.97 bits per heavy atom. The Bertz CT molecular complexity index is 836. The van der Waals surface area contributed by atoms with Crippen molar-refractivity contribution in [2.75, 3.05) is 0 Å². The van der Waals surface area contributed by atoms with Gasteiger partial charge in [0.25, 0.3) is 0 Å². The molecule has 1 fully saturated rings. The number of carbonyl (C=O) groups is 3. The van der Waals surface area contributed by atoms with Crippen LogP contribution in [0.1, 0.15) is 66.7 Å². The lowest BCUT2D eigenvalue weighted by molar-refractivity contribution is -0.138. The molecule has 0 radical (unpaired) electrons. The molecule has 1 saturated carbocycles. The van der Waals surface area contributed by atoms with Crippen molar-refractivity contribution in [1.82, 2.24) is 5.32 Å². The van der Waals surface area contributed by atoms with E-state index in [1.807, 2.05) is 0 Å². The van der Waals surface area contributed by atoms with Gasteiger partial charge in [0.05, 0.1) is 5.70 Å². The maximum Gasteiger partial charge on any atom is 0.325 e. The van der Waals surface area contributed by atoms with Gasteiger partial charge in [-0.2, -0.15) is 0 Å². The van der Waals surface area contributed by atoms with Crippen molar-refractivity contribution in [2.45, 2.75) is 72.8 Å². The van der Waals surface area contributed by atoms with Gasteiger partial charge in [-0.25, -0.2) is 0 Å². The van der Waals surface area contributed by atoms with Crippen molar-refractivity contribution < 1.29 is 19.5 Å². The predicted octanol–water partition coefficient (Wildman–Crippen LogP) is 4.20. The number of carboxylic acids is 1. The summed E-state index contributed by atoms with van der Waals surface area (Å²) >= 11 is 0. The highest BCUT2D eigenvalue weighted by atomic mass is 16.4. The molecule has 0 aromatic carbocycles. The summed E-state index contributed by atoms with van der Waals surface area (Å²) in [5, 5.41) is 11.8. The van der Waals surface area contributed by atoms with Crippen LogP contribution in [0.25, 0.3) is 0 Å². The summed E-state index contributed by atoms with van der Waals surface area (Å²) in [5.74, 6) is -0.672. The maximum atomic E-state index is 13.1. The van der Waals surface area contributed by atoms with Gasteiger partial charge in [0.15, 0.2) is 5.78 Å². The SMILES string of the molecule is CC1=CCC[C@H]2[C@](C)(CC3=CC(=O)C=C(N[C@@H](C)C(=O)O)C3=O)[C@@H](C)CC[C@]12C. The smallest absolute Gasteiger partial charge is 0.325 e. The van der Waals surface area contributed by atoms with Crippen molar-refractivity contribution >= 4 is 17.5 Å². The number of fused-ring (bicyclic) bond motifs is 1. The predicted molar refractivity (Wildman–Crippen MR) is 112 cm³/mol. The molecular weight excluding hydrogens is 366 g/mol. The average molecular weight is 400 g/mol. The van der Waals surface area contributed by atoms with Gasteiger partial charge in [-0.05, 0) is 74.7 Å². The Labute approximate surface area is 173 Å². The Balaban J connectivity index is 1.89. The van der Waals surface area contributed by atoms with Gasteiger partial charge in [0, 0.05) is 11.6 Å². The molecule has 3 aliphatic rings. The number of carboxylic acid groups (broad SMARTS) is 1. The van der Waals surface area contributed by atoms with Crippen LogP contribution in [0.2, 0.25) is 0 Å². The lowest BCUT2D eigenvalue weighted by atomic mass is 9.46. The largest absolute Gasteiger partial charge is 0.480 e. The second-order valence-corrected chi connectivity index (χ2v) is 9.72. The highest BCUT2D eigenvalue weighted by molar-refractivity contribution is 6.20. The van der Waals surface area contributed by atoms with E-state index >= 15 is 0 Å². The number of rotatable bonds is 5. The molecule has 0 spiro atoms. The number of Topliss-reactive ketones (excluding diaryl/α,β-unsaturated/α-hetero) is 1. The van der Waals surface area contributed by atoms with Crippen molar-refractivity contribution in [3.63, 3.8) is 0 Å². The summed E-state index contributed by atoms with van der Waals surface area (Å²) in [5.41, 5.74) is 2.09. The molecular formula is C24H33NO4. The first kappa shape index (κ1) is 21.5. The fourth-order valence-electron chi connectivity index (χ4n) is 5.81. The van der Waals surface area contributed by atoms with Gasteiger partial charge < -0.3 is 10.4 Å². The van der Waals surface area contributed by atoms with Crippen LogP contribution in [-0.4, -0.2) is 28.7 Å². The summed E-state index contributed by atoms with van der Waals surface area (Å²) in [4.78, 5) is 36.6. The van der Waals surface area contributed by atoms with Crippen LogP contribution in [-0.2, 0) is 14.4 Å². The fourth-order valence-corrected chi connectivity index (χ4v) is 5.81. The van der Waals surface area contributed by atoms with E-state index in [0.717, 1.165) is 25.7 Å². The van der Waals surface area contributed by atoms with Crippen molar-refractivity contribution in [1.29, 1.82) is 0 Å². The number of nitrogens with one attached hydrogen (secondary N) is 1. The second-order valence-electron chi connectivity index (χ2n) is 9.72. The van der Waals surface area contributed by atoms with Crippen molar-refractivity contribution in [3.8, 4) is 0 Å². The van der Waals surface area contributed by atoms with E-state index in [1.165, 1.54) is 24.6 Å². The molecule has 158 valence electrons. The normalized spacial score (nSPS) is 35.8. The first-order valence-corrected chi connectivity index (χ1v) is 10.7. The number of allylic oxidation sites excluding steroid dienone is 5. The Hall–Kier alpha value is -2.17. The summed E-state index contributed by atoms with van der Waals surface area (Å²) in [6.45, 7) is 10.6. The molecule has 5 atom stereocenters. The first-order chi connectivity index (χ1) is 13.5. The molecule has 0 aromatic heterocycles. The minimum Gasteiger partial charge on any atom is -0.480 e. The Morgan fingerprint density at radius 3 is 2.62 bits per heavy atom. The quantitative estimate of drug-likeness (QED) is 0.535. The van der Waals surface area contributed by atoms with E-state index in [2.05, 4.69) is 39.1 Å². The van der Waals surface area contributed by atoms with Gasteiger partial charge in [0.1, 0.15) is 6.04 Å². The van der Waals surface area contributed by atoms with E-state index in [-0.39, 0.29) is 28.1 Å². The zero-order chi connectivity index (χ0) is 21.6. The lowest BCUT2D eigenvalue weighted by Gasteiger charge is -2.58. The molecule has 5 nitrogen and oxygen atoms in total. The Morgan fingerprint density at radius 1 is 1.28 bits per heavy atom. The fraction of sp³-hybridized carbons (Fsp3) is 0.625. The van der Waals surface area contributed by atoms with Gasteiger partial charge in [-0.15, -0.1) is 0 Å². The third kappa shape index (κ3) is 3.72. The van der Waals surface area contributed by atoms with E-state index in [4.69, 9.17) is 5.11 Å². The van der Waals surface area contributed by atoms with E-state index < -0.39 is 12.0 Å². The molecule has 0 aromatic rings. The molecule has 0 bridgehead atoms. The molecule has 5 heteroatoms. The molecule has 0 saturated heterocycles. The maximum absolute atomic E-state index is 13.1. The minimum absolute atomic E-state index is 0.0921. The number of carbonyl (C=O) groups excluding carboxylic acids is 2. The van der Waals surface area contributed by atoms with Gasteiger partial charge in [-0.1, -0.05) is 32.4 Å². The van der Waals surface area contributed by atoms with Crippen LogP contribution < -0.4 is 5.32 Å². The highest BCUT2D eigenvalue weighted by Crippen LogP contribution is 2.62. The zero-order valence-corrected chi connectivity index (χ0v) is 18.2. The van der Waals surface area contributed by atoms with Crippen LogP contribution >= 0.6 is 0 Å². The number of aliphatic carboxylic acids is 1. The third-order valence-electron chi connectivity index (χ3n) is 8.05. The topological polar surface area (TPSA) is 83.5 Å². The number of ketones is 2. The summed E-state index contributed by atoms with van der Waals surface area (Å²) in [6, 6.07) is -0.934. The van der Waals surface area contributed by atoms with Crippen LogP contribution in [0.5, 0.6) is 0 Å².